The van der Waals surface area contributed by atoms with Crippen molar-refractivity contribution in [2.75, 3.05) is 46.9 Å². The van der Waals surface area contributed by atoms with Gasteiger partial charge >= 0.3 is 0 Å². The number of ether oxygens (including phenoxy) is 1. The highest BCUT2D eigenvalue weighted by molar-refractivity contribution is 5.84. The summed E-state index contributed by atoms with van der Waals surface area (Å²) in [5.41, 5.74) is 3.01. The van der Waals surface area contributed by atoms with E-state index in [0.717, 1.165) is 43.7 Å². The Morgan fingerprint density at radius 2 is 1.97 bits per heavy atom. The van der Waals surface area contributed by atoms with Gasteiger partial charge in [-0.05, 0) is 18.4 Å². The van der Waals surface area contributed by atoms with Crippen LogP contribution in [0.4, 0.5) is 0 Å². The zero-order chi connectivity index (χ0) is 21.8. The summed E-state index contributed by atoms with van der Waals surface area (Å²) in [6.45, 7) is 3.60. The summed E-state index contributed by atoms with van der Waals surface area (Å²) in [6.07, 6.45) is 3.92. The first kappa shape index (κ1) is 21.5. The van der Waals surface area contributed by atoms with Gasteiger partial charge in [0.2, 0.25) is 11.8 Å². The summed E-state index contributed by atoms with van der Waals surface area (Å²) >= 11 is 0. The van der Waals surface area contributed by atoms with E-state index in [-0.39, 0.29) is 24.0 Å². The Bertz CT molecular complexity index is 903. The van der Waals surface area contributed by atoms with E-state index in [1.807, 2.05) is 24.4 Å². The standard InChI is InChI=1S/C23H31N5O3/c1-26(2)21(30)16-28-17-23(31-13-8-20(28)29)9-11-27(12-10-23)15-19-14-24-25-22(19)18-6-4-3-5-7-18/h3-7,14H,8-13,15-17H2,1-2H3,(H,24,25). The van der Waals surface area contributed by atoms with E-state index in [0.29, 0.717) is 19.6 Å². The number of nitrogens with zero attached hydrogens (tertiary/aromatic N) is 4. The Balaban J connectivity index is 1.39. The zero-order valence-electron chi connectivity index (χ0n) is 18.3. The second-order valence-electron chi connectivity index (χ2n) is 8.73. The fourth-order valence-electron chi connectivity index (χ4n) is 4.39. The molecule has 2 aromatic rings. The van der Waals surface area contributed by atoms with E-state index in [4.69, 9.17) is 4.74 Å². The number of benzene rings is 1. The quantitative estimate of drug-likeness (QED) is 0.789. The van der Waals surface area contributed by atoms with E-state index < -0.39 is 0 Å². The second kappa shape index (κ2) is 9.20. The van der Waals surface area contributed by atoms with Crippen molar-refractivity contribution in [2.24, 2.45) is 0 Å². The van der Waals surface area contributed by atoms with Crippen molar-refractivity contribution in [3.8, 4) is 11.3 Å². The molecule has 1 spiro atoms. The third-order valence-corrected chi connectivity index (χ3v) is 6.32. The van der Waals surface area contributed by atoms with Gasteiger partial charge in [0.05, 0.1) is 43.6 Å². The molecule has 166 valence electrons. The molecular formula is C23H31N5O3. The highest BCUT2D eigenvalue weighted by atomic mass is 16.5. The number of piperidine rings is 1. The molecule has 8 heteroatoms. The van der Waals surface area contributed by atoms with Gasteiger partial charge in [-0.3, -0.25) is 19.6 Å². The van der Waals surface area contributed by atoms with Gasteiger partial charge in [0, 0.05) is 39.3 Å². The van der Waals surface area contributed by atoms with Gasteiger partial charge in [-0.1, -0.05) is 30.3 Å². The number of likely N-dealkylation sites (N-methyl/N-ethyl adjacent to an activating group) is 1. The van der Waals surface area contributed by atoms with Gasteiger partial charge in [0.1, 0.15) is 0 Å². The molecule has 2 aliphatic heterocycles. The van der Waals surface area contributed by atoms with Crippen LogP contribution in [-0.4, -0.2) is 89.2 Å². The third-order valence-electron chi connectivity index (χ3n) is 6.32. The lowest BCUT2D eigenvalue weighted by Gasteiger charge is -2.42. The molecule has 2 saturated heterocycles. The van der Waals surface area contributed by atoms with Crippen molar-refractivity contribution in [3.05, 3.63) is 42.1 Å². The molecule has 0 unspecified atom stereocenters. The van der Waals surface area contributed by atoms with Crippen LogP contribution in [0.1, 0.15) is 24.8 Å². The van der Waals surface area contributed by atoms with Gasteiger partial charge < -0.3 is 14.5 Å². The topological polar surface area (TPSA) is 81.8 Å². The molecule has 0 radical (unpaired) electrons. The van der Waals surface area contributed by atoms with Crippen LogP contribution >= 0.6 is 0 Å². The Kier molecular flexibility index (Phi) is 6.38. The summed E-state index contributed by atoms with van der Waals surface area (Å²) in [5, 5.41) is 7.40. The van der Waals surface area contributed by atoms with Crippen LogP contribution in [-0.2, 0) is 20.9 Å². The lowest BCUT2D eigenvalue weighted by atomic mass is 9.90. The predicted molar refractivity (Wildman–Crippen MR) is 117 cm³/mol. The number of H-pyrrole nitrogens is 1. The summed E-state index contributed by atoms with van der Waals surface area (Å²) in [7, 11) is 3.43. The number of likely N-dealkylation sites (tertiary alicyclic amines) is 1. The minimum atomic E-state index is -0.367. The summed E-state index contributed by atoms with van der Waals surface area (Å²) in [5.74, 6) is -0.0587. The van der Waals surface area contributed by atoms with Crippen molar-refractivity contribution in [1.29, 1.82) is 0 Å². The van der Waals surface area contributed by atoms with Crippen molar-refractivity contribution >= 4 is 11.8 Å². The number of aromatic nitrogens is 2. The first-order valence-corrected chi connectivity index (χ1v) is 10.9. The third kappa shape index (κ3) is 4.97. The molecule has 4 rings (SSSR count). The number of hydrogen-bond donors (Lipinski definition) is 1. The van der Waals surface area contributed by atoms with Gasteiger partial charge in [0.25, 0.3) is 0 Å². The van der Waals surface area contributed by atoms with Crippen LogP contribution in [0.5, 0.6) is 0 Å². The maximum Gasteiger partial charge on any atom is 0.241 e. The van der Waals surface area contributed by atoms with Gasteiger partial charge in [-0.2, -0.15) is 5.10 Å². The molecule has 31 heavy (non-hydrogen) atoms. The fraction of sp³-hybridized carbons (Fsp3) is 0.522. The van der Waals surface area contributed by atoms with E-state index >= 15 is 0 Å². The molecule has 2 amide bonds. The average molecular weight is 426 g/mol. The first-order chi connectivity index (χ1) is 15.0. The van der Waals surface area contributed by atoms with Gasteiger partial charge in [-0.15, -0.1) is 0 Å². The Morgan fingerprint density at radius 3 is 2.68 bits per heavy atom. The van der Waals surface area contributed by atoms with Crippen LogP contribution in [0.25, 0.3) is 11.3 Å². The molecule has 1 aromatic carbocycles. The Labute approximate surface area is 183 Å². The first-order valence-electron chi connectivity index (χ1n) is 10.9. The van der Waals surface area contributed by atoms with Crippen LogP contribution < -0.4 is 0 Å². The largest absolute Gasteiger partial charge is 0.373 e. The lowest BCUT2D eigenvalue weighted by molar-refractivity contribution is -0.140. The van der Waals surface area contributed by atoms with Gasteiger partial charge in [-0.25, -0.2) is 0 Å². The molecule has 8 nitrogen and oxygen atoms in total. The molecule has 3 heterocycles. The monoisotopic (exact) mass is 425 g/mol. The molecule has 0 aliphatic carbocycles. The SMILES string of the molecule is CN(C)C(=O)CN1CC2(CCN(Cc3cn[nH]c3-c3ccccc3)CC2)OCCC1=O. The molecule has 0 saturated carbocycles. The van der Waals surface area contributed by atoms with Crippen LogP contribution in [0.15, 0.2) is 36.5 Å². The number of hydrogen-bond acceptors (Lipinski definition) is 5. The summed E-state index contributed by atoms with van der Waals surface area (Å²) < 4.78 is 6.22. The smallest absolute Gasteiger partial charge is 0.241 e. The molecule has 0 atom stereocenters. The highest BCUT2D eigenvalue weighted by Crippen LogP contribution is 2.31. The van der Waals surface area contributed by atoms with E-state index in [9.17, 15) is 9.59 Å². The van der Waals surface area contributed by atoms with Crippen molar-refractivity contribution in [3.63, 3.8) is 0 Å². The van der Waals surface area contributed by atoms with Crippen LogP contribution in [0, 0.1) is 0 Å². The van der Waals surface area contributed by atoms with Crippen LogP contribution in [0.2, 0.25) is 0 Å². The van der Waals surface area contributed by atoms with E-state index in [1.165, 1.54) is 10.5 Å². The number of amides is 2. The lowest BCUT2D eigenvalue weighted by Crippen LogP contribution is -2.53. The van der Waals surface area contributed by atoms with Crippen molar-refractivity contribution in [2.45, 2.75) is 31.4 Å². The maximum atomic E-state index is 12.5. The number of aromatic amines is 1. The fourth-order valence-corrected chi connectivity index (χ4v) is 4.39. The average Bonchev–Trinajstić information content (AvgIpc) is 3.17. The molecule has 2 aliphatic rings. The van der Waals surface area contributed by atoms with E-state index in [1.54, 1.807) is 19.0 Å². The Morgan fingerprint density at radius 1 is 1.23 bits per heavy atom. The predicted octanol–water partition coefficient (Wildman–Crippen LogP) is 1.75. The number of carbonyl (C=O) groups is 2. The maximum absolute atomic E-state index is 12.5. The second-order valence-corrected chi connectivity index (χ2v) is 8.73. The summed E-state index contributed by atoms with van der Waals surface area (Å²) in [4.78, 5) is 30.3. The molecule has 0 bridgehead atoms. The van der Waals surface area contributed by atoms with Gasteiger partial charge in [0.15, 0.2) is 0 Å². The normalized spacial score (nSPS) is 19.4. The molecule has 2 fully saturated rings. The zero-order valence-corrected chi connectivity index (χ0v) is 18.3. The number of rotatable bonds is 5. The van der Waals surface area contributed by atoms with Crippen molar-refractivity contribution < 1.29 is 14.3 Å². The highest BCUT2D eigenvalue weighted by Gasteiger charge is 2.41. The Hall–Kier alpha value is -2.71. The minimum absolute atomic E-state index is 0.000375. The molecule has 1 N–H and O–H groups in total. The van der Waals surface area contributed by atoms with Crippen molar-refractivity contribution in [1.82, 2.24) is 24.9 Å². The number of nitrogens with one attached hydrogen (secondary N) is 1. The van der Waals surface area contributed by atoms with E-state index in [2.05, 4.69) is 27.2 Å². The van der Waals surface area contributed by atoms with Crippen LogP contribution in [0.3, 0.4) is 0 Å². The summed E-state index contributed by atoms with van der Waals surface area (Å²) in [6, 6.07) is 10.2. The molecular weight excluding hydrogens is 394 g/mol. The minimum Gasteiger partial charge on any atom is -0.373 e. The molecule has 1 aromatic heterocycles. The number of carbonyl (C=O) groups excluding carboxylic acids is 2.